The molecule has 7 heteroatoms. The van der Waals surface area contributed by atoms with Gasteiger partial charge in [-0.25, -0.2) is 4.98 Å². The molecule has 4 rings (SSSR count). The van der Waals surface area contributed by atoms with Crippen LogP contribution in [-0.2, 0) is 4.79 Å². The summed E-state index contributed by atoms with van der Waals surface area (Å²) in [4.78, 5) is 36.7. The second kappa shape index (κ2) is 9.28. The van der Waals surface area contributed by atoms with Crippen molar-refractivity contribution in [3.05, 3.63) is 78.9 Å². The Hall–Kier alpha value is -3.58. The molecule has 1 aliphatic rings. The topological polar surface area (TPSA) is 78.4 Å². The maximum atomic E-state index is 12.4. The van der Waals surface area contributed by atoms with Crippen molar-refractivity contribution >= 4 is 17.5 Å². The fourth-order valence-electron chi connectivity index (χ4n) is 3.46. The molecule has 7 nitrogen and oxygen atoms in total. The Labute approximate surface area is 175 Å². The Morgan fingerprint density at radius 1 is 0.867 bits per heavy atom. The van der Waals surface area contributed by atoms with Gasteiger partial charge in [0, 0.05) is 44.3 Å². The van der Waals surface area contributed by atoms with E-state index >= 15 is 0 Å². The highest BCUT2D eigenvalue weighted by Crippen LogP contribution is 2.21. The quantitative estimate of drug-likeness (QED) is 0.711. The molecule has 30 heavy (non-hydrogen) atoms. The lowest BCUT2D eigenvalue weighted by Crippen LogP contribution is -2.50. The van der Waals surface area contributed by atoms with Crippen LogP contribution in [0.15, 0.2) is 73.2 Å². The largest absolute Gasteiger partial charge is 0.335 e. The molecule has 1 fully saturated rings. The van der Waals surface area contributed by atoms with Crippen LogP contribution in [0.1, 0.15) is 10.5 Å². The van der Waals surface area contributed by atoms with Crippen LogP contribution in [0.2, 0.25) is 0 Å². The number of amides is 2. The first-order valence-corrected chi connectivity index (χ1v) is 9.92. The first-order chi connectivity index (χ1) is 14.7. The number of anilines is 1. The van der Waals surface area contributed by atoms with E-state index in [-0.39, 0.29) is 11.8 Å². The molecule has 1 aromatic heterocycles. The summed E-state index contributed by atoms with van der Waals surface area (Å²) in [5.41, 5.74) is 3.38. The smallest absolute Gasteiger partial charge is 0.274 e. The summed E-state index contributed by atoms with van der Waals surface area (Å²) in [6.07, 6.45) is 4.54. The Morgan fingerprint density at radius 2 is 1.57 bits per heavy atom. The number of nitrogens with zero attached hydrogens (tertiary/aromatic N) is 4. The van der Waals surface area contributed by atoms with E-state index in [0.717, 1.165) is 16.8 Å². The molecule has 0 aliphatic carbocycles. The summed E-state index contributed by atoms with van der Waals surface area (Å²) in [6, 6.07) is 17.9. The maximum absolute atomic E-state index is 12.4. The molecule has 152 valence electrons. The molecule has 0 unspecified atom stereocenters. The predicted molar refractivity (Wildman–Crippen MR) is 115 cm³/mol. The third-order valence-electron chi connectivity index (χ3n) is 5.08. The van der Waals surface area contributed by atoms with Crippen molar-refractivity contribution in [3.63, 3.8) is 0 Å². The summed E-state index contributed by atoms with van der Waals surface area (Å²) < 4.78 is 0. The van der Waals surface area contributed by atoms with Gasteiger partial charge in [0.25, 0.3) is 5.91 Å². The van der Waals surface area contributed by atoms with Gasteiger partial charge in [-0.15, -0.1) is 0 Å². The Morgan fingerprint density at radius 3 is 2.23 bits per heavy atom. The predicted octanol–water partition coefficient (Wildman–Crippen LogP) is 2.54. The SMILES string of the molecule is O=C(CN1CCN(C(=O)c2cnccn2)CC1)Nc1ccc(-c2ccccc2)cc1. The van der Waals surface area contributed by atoms with Gasteiger partial charge in [-0.1, -0.05) is 42.5 Å². The van der Waals surface area contributed by atoms with E-state index in [1.54, 1.807) is 11.1 Å². The average molecular weight is 401 g/mol. The van der Waals surface area contributed by atoms with Crippen LogP contribution in [0.3, 0.4) is 0 Å². The average Bonchev–Trinajstić information content (AvgIpc) is 2.81. The van der Waals surface area contributed by atoms with Crippen LogP contribution in [-0.4, -0.2) is 64.3 Å². The van der Waals surface area contributed by atoms with Crippen LogP contribution in [0.5, 0.6) is 0 Å². The van der Waals surface area contributed by atoms with Gasteiger partial charge in [-0.2, -0.15) is 0 Å². The molecule has 2 aromatic carbocycles. The number of benzene rings is 2. The lowest BCUT2D eigenvalue weighted by molar-refractivity contribution is -0.117. The highest BCUT2D eigenvalue weighted by atomic mass is 16.2. The molecule has 0 atom stereocenters. The third kappa shape index (κ3) is 4.87. The summed E-state index contributed by atoms with van der Waals surface area (Å²) in [5.74, 6) is -0.179. The highest BCUT2D eigenvalue weighted by Gasteiger charge is 2.24. The first kappa shape index (κ1) is 19.7. The standard InChI is InChI=1S/C23H23N5O2/c29-22(26-20-8-6-19(7-9-20)18-4-2-1-3-5-18)17-27-12-14-28(15-13-27)23(30)21-16-24-10-11-25-21/h1-11,16H,12-15,17H2,(H,26,29). The van der Waals surface area contributed by atoms with Gasteiger partial charge in [0.05, 0.1) is 12.7 Å². The van der Waals surface area contributed by atoms with Crippen LogP contribution in [0, 0.1) is 0 Å². The zero-order valence-corrected chi connectivity index (χ0v) is 16.6. The molecule has 1 N–H and O–H groups in total. The lowest BCUT2D eigenvalue weighted by Gasteiger charge is -2.34. The van der Waals surface area contributed by atoms with Gasteiger partial charge in [0.1, 0.15) is 5.69 Å². The van der Waals surface area contributed by atoms with Crippen molar-refractivity contribution in [2.45, 2.75) is 0 Å². The number of hydrogen-bond donors (Lipinski definition) is 1. The Bertz CT molecular complexity index is 985. The van der Waals surface area contributed by atoms with Gasteiger partial charge in [0.15, 0.2) is 0 Å². The normalized spacial score (nSPS) is 14.3. The van der Waals surface area contributed by atoms with Crippen LogP contribution >= 0.6 is 0 Å². The molecule has 0 radical (unpaired) electrons. The van der Waals surface area contributed by atoms with E-state index < -0.39 is 0 Å². The maximum Gasteiger partial charge on any atom is 0.274 e. The second-order valence-corrected chi connectivity index (χ2v) is 7.15. The van der Waals surface area contributed by atoms with E-state index in [1.165, 1.54) is 12.4 Å². The van der Waals surface area contributed by atoms with Crippen LogP contribution < -0.4 is 5.32 Å². The number of carbonyl (C=O) groups is 2. The number of nitrogens with one attached hydrogen (secondary N) is 1. The van der Waals surface area contributed by atoms with Gasteiger partial charge >= 0.3 is 0 Å². The van der Waals surface area contributed by atoms with Crippen LogP contribution in [0.4, 0.5) is 5.69 Å². The number of piperazine rings is 1. The van der Waals surface area contributed by atoms with Gasteiger partial charge in [0.2, 0.25) is 5.91 Å². The van der Waals surface area contributed by atoms with Crippen LogP contribution in [0.25, 0.3) is 11.1 Å². The first-order valence-electron chi connectivity index (χ1n) is 9.92. The second-order valence-electron chi connectivity index (χ2n) is 7.15. The summed E-state index contributed by atoms with van der Waals surface area (Å²) in [7, 11) is 0. The van der Waals surface area contributed by atoms with Crippen molar-refractivity contribution in [2.75, 3.05) is 38.0 Å². The zero-order chi connectivity index (χ0) is 20.8. The van der Waals surface area contributed by atoms with E-state index in [9.17, 15) is 9.59 Å². The molecular weight excluding hydrogens is 378 g/mol. The van der Waals surface area contributed by atoms with E-state index in [0.29, 0.717) is 38.4 Å². The third-order valence-corrected chi connectivity index (χ3v) is 5.08. The number of hydrogen-bond acceptors (Lipinski definition) is 5. The summed E-state index contributed by atoms with van der Waals surface area (Å²) in [5, 5.41) is 2.95. The minimum Gasteiger partial charge on any atom is -0.335 e. The Balaban J connectivity index is 1.26. The lowest BCUT2D eigenvalue weighted by atomic mass is 10.1. The summed E-state index contributed by atoms with van der Waals surface area (Å²) >= 11 is 0. The Kier molecular flexibility index (Phi) is 6.10. The molecule has 2 heterocycles. The zero-order valence-electron chi connectivity index (χ0n) is 16.6. The van der Waals surface area contributed by atoms with E-state index in [4.69, 9.17) is 0 Å². The fraction of sp³-hybridized carbons (Fsp3) is 0.217. The van der Waals surface area contributed by atoms with Crippen molar-refractivity contribution in [3.8, 4) is 11.1 Å². The molecule has 1 aliphatic heterocycles. The molecule has 2 amide bonds. The van der Waals surface area contributed by atoms with E-state index in [2.05, 4.69) is 27.4 Å². The van der Waals surface area contributed by atoms with Crippen molar-refractivity contribution in [1.82, 2.24) is 19.8 Å². The molecule has 0 saturated carbocycles. The molecular formula is C23H23N5O2. The number of rotatable bonds is 5. The minimum atomic E-state index is -0.120. The van der Waals surface area contributed by atoms with Gasteiger partial charge in [-0.05, 0) is 23.3 Å². The van der Waals surface area contributed by atoms with Crippen molar-refractivity contribution in [2.24, 2.45) is 0 Å². The molecule has 3 aromatic rings. The van der Waals surface area contributed by atoms with Gasteiger partial charge < -0.3 is 10.2 Å². The fourth-order valence-corrected chi connectivity index (χ4v) is 3.46. The van der Waals surface area contributed by atoms with Gasteiger partial charge in [-0.3, -0.25) is 19.5 Å². The molecule has 0 bridgehead atoms. The monoisotopic (exact) mass is 401 g/mol. The van der Waals surface area contributed by atoms with Crippen molar-refractivity contribution < 1.29 is 9.59 Å². The molecule has 1 saturated heterocycles. The number of aromatic nitrogens is 2. The minimum absolute atomic E-state index is 0.0591. The highest BCUT2D eigenvalue weighted by molar-refractivity contribution is 5.93. The van der Waals surface area contributed by atoms with E-state index in [1.807, 2.05) is 47.4 Å². The van der Waals surface area contributed by atoms with Crippen molar-refractivity contribution in [1.29, 1.82) is 0 Å². The summed E-state index contributed by atoms with van der Waals surface area (Å²) in [6.45, 7) is 2.72. The number of carbonyl (C=O) groups excluding carboxylic acids is 2. The molecule has 0 spiro atoms.